The summed E-state index contributed by atoms with van der Waals surface area (Å²) in [6.45, 7) is 2.16. The number of rotatable bonds is 7. The standard InChI is InChI=1S/C15H19NO4S2/c1-11-8-9-14(21-11)13(20-3)10-16-22(17,18)15-7-5-4-6-12(15)19-2/h4-9,13,16H,10H2,1-3H3. The van der Waals surface area contributed by atoms with Gasteiger partial charge in [-0.1, -0.05) is 12.1 Å². The maximum Gasteiger partial charge on any atom is 0.244 e. The summed E-state index contributed by atoms with van der Waals surface area (Å²) in [5.41, 5.74) is 0. The molecule has 0 fully saturated rings. The van der Waals surface area contributed by atoms with Crippen LogP contribution in [0.15, 0.2) is 41.3 Å². The molecule has 5 nitrogen and oxygen atoms in total. The van der Waals surface area contributed by atoms with Crippen LogP contribution in [-0.2, 0) is 14.8 Å². The molecule has 1 heterocycles. The Morgan fingerprint density at radius 1 is 1.18 bits per heavy atom. The molecule has 1 atom stereocenters. The summed E-state index contributed by atoms with van der Waals surface area (Å²) >= 11 is 1.59. The predicted molar refractivity (Wildman–Crippen MR) is 87.0 cm³/mol. The average molecular weight is 341 g/mol. The van der Waals surface area contributed by atoms with Crippen molar-refractivity contribution in [1.29, 1.82) is 0 Å². The Morgan fingerprint density at radius 2 is 1.91 bits per heavy atom. The highest BCUT2D eigenvalue weighted by Crippen LogP contribution is 2.26. The van der Waals surface area contributed by atoms with Gasteiger partial charge in [-0.15, -0.1) is 11.3 Å². The smallest absolute Gasteiger partial charge is 0.244 e. The van der Waals surface area contributed by atoms with E-state index >= 15 is 0 Å². The molecule has 0 amide bonds. The number of hydrogen-bond donors (Lipinski definition) is 1. The fourth-order valence-electron chi connectivity index (χ4n) is 2.03. The minimum atomic E-state index is -3.66. The molecule has 0 spiro atoms. The number of para-hydroxylation sites is 1. The minimum absolute atomic E-state index is 0.120. The summed E-state index contributed by atoms with van der Waals surface area (Å²) in [4.78, 5) is 2.27. The van der Waals surface area contributed by atoms with Crippen molar-refractivity contribution in [3.8, 4) is 5.75 Å². The van der Waals surface area contributed by atoms with Crippen molar-refractivity contribution in [2.24, 2.45) is 0 Å². The molecule has 1 aromatic heterocycles. The quantitative estimate of drug-likeness (QED) is 0.841. The topological polar surface area (TPSA) is 64.6 Å². The molecule has 1 aromatic carbocycles. The van der Waals surface area contributed by atoms with Crippen LogP contribution in [0.3, 0.4) is 0 Å². The first-order valence-electron chi connectivity index (χ1n) is 6.69. The third-order valence-electron chi connectivity index (χ3n) is 3.18. The van der Waals surface area contributed by atoms with Crippen molar-refractivity contribution in [2.45, 2.75) is 17.9 Å². The molecule has 1 unspecified atom stereocenters. The maximum atomic E-state index is 12.4. The Balaban J connectivity index is 2.15. The molecule has 2 rings (SSSR count). The van der Waals surface area contributed by atoms with E-state index in [1.54, 1.807) is 36.6 Å². The fourth-order valence-corrected chi connectivity index (χ4v) is 4.19. The molecular weight excluding hydrogens is 322 g/mol. The molecule has 1 N–H and O–H groups in total. The van der Waals surface area contributed by atoms with E-state index in [0.717, 1.165) is 9.75 Å². The van der Waals surface area contributed by atoms with E-state index in [1.165, 1.54) is 13.2 Å². The number of hydrogen-bond acceptors (Lipinski definition) is 5. The second kappa shape index (κ2) is 7.23. The highest BCUT2D eigenvalue weighted by Gasteiger charge is 2.21. The summed E-state index contributed by atoms with van der Waals surface area (Å²) in [6.07, 6.45) is -0.316. The molecule has 0 saturated carbocycles. The lowest BCUT2D eigenvalue weighted by Gasteiger charge is -2.16. The molecular formula is C15H19NO4S2. The van der Waals surface area contributed by atoms with Crippen LogP contribution in [-0.4, -0.2) is 29.2 Å². The summed E-state index contributed by atoms with van der Waals surface area (Å²) in [6, 6.07) is 10.5. The summed E-state index contributed by atoms with van der Waals surface area (Å²) in [5.74, 6) is 0.316. The van der Waals surface area contributed by atoms with Crippen LogP contribution >= 0.6 is 11.3 Å². The first-order chi connectivity index (χ1) is 10.5. The number of methoxy groups -OCH3 is 2. The van der Waals surface area contributed by atoms with Crippen molar-refractivity contribution in [3.05, 3.63) is 46.2 Å². The minimum Gasteiger partial charge on any atom is -0.495 e. The number of thiophene rings is 1. The number of benzene rings is 1. The van der Waals surface area contributed by atoms with Gasteiger partial charge >= 0.3 is 0 Å². The summed E-state index contributed by atoms with van der Waals surface area (Å²) in [5, 5.41) is 0. The van der Waals surface area contributed by atoms with Gasteiger partial charge in [-0.05, 0) is 31.2 Å². The zero-order valence-electron chi connectivity index (χ0n) is 12.7. The third-order valence-corrected chi connectivity index (χ3v) is 5.74. The van der Waals surface area contributed by atoms with E-state index in [2.05, 4.69) is 4.72 Å². The molecule has 0 aliphatic rings. The van der Waals surface area contributed by atoms with E-state index in [9.17, 15) is 8.42 Å². The van der Waals surface area contributed by atoms with Gasteiger partial charge in [0.15, 0.2) is 0 Å². The van der Waals surface area contributed by atoms with Crippen LogP contribution < -0.4 is 9.46 Å². The first kappa shape index (κ1) is 17.0. The van der Waals surface area contributed by atoms with Gasteiger partial charge in [0.1, 0.15) is 16.7 Å². The van der Waals surface area contributed by atoms with Gasteiger partial charge in [0.2, 0.25) is 10.0 Å². The van der Waals surface area contributed by atoms with Gasteiger partial charge in [0, 0.05) is 23.4 Å². The summed E-state index contributed by atoms with van der Waals surface area (Å²) in [7, 11) is -0.648. The van der Waals surface area contributed by atoms with Gasteiger partial charge in [-0.25, -0.2) is 13.1 Å². The first-order valence-corrected chi connectivity index (χ1v) is 8.99. The number of aryl methyl sites for hydroxylation is 1. The number of sulfonamides is 1. The third kappa shape index (κ3) is 3.86. The van der Waals surface area contributed by atoms with Gasteiger partial charge in [0.25, 0.3) is 0 Å². The molecule has 0 saturated heterocycles. The van der Waals surface area contributed by atoms with Crippen LogP contribution in [0.1, 0.15) is 15.9 Å². The van der Waals surface area contributed by atoms with E-state index in [0.29, 0.717) is 5.75 Å². The van der Waals surface area contributed by atoms with Crippen LogP contribution in [0.25, 0.3) is 0 Å². The van der Waals surface area contributed by atoms with Crippen LogP contribution in [0, 0.1) is 6.92 Å². The van der Waals surface area contributed by atoms with Crippen molar-refractivity contribution in [3.63, 3.8) is 0 Å². The van der Waals surface area contributed by atoms with E-state index in [4.69, 9.17) is 9.47 Å². The lowest BCUT2D eigenvalue weighted by atomic mass is 10.3. The van der Waals surface area contributed by atoms with Crippen LogP contribution in [0.5, 0.6) is 5.75 Å². The van der Waals surface area contributed by atoms with Gasteiger partial charge in [-0.3, -0.25) is 0 Å². The van der Waals surface area contributed by atoms with Crippen molar-refractivity contribution < 1.29 is 17.9 Å². The molecule has 0 aliphatic heterocycles. The van der Waals surface area contributed by atoms with E-state index < -0.39 is 10.0 Å². The normalized spacial score (nSPS) is 13.0. The second-order valence-corrected chi connectivity index (χ2v) is 7.73. The Kier molecular flexibility index (Phi) is 5.57. The Morgan fingerprint density at radius 3 is 2.50 bits per heavy atom. The zero-order valence-corrected chi connectivity index (χ0v) is 14.3. The van der Waals surface area contributed by atoms with Gasteiger partial charge in [-0.2, -0.15) is 0 Å². The van der Waals surface area contributed by atoms with Crippen molar-refractivity contribution in [1.82, 2.24) is 4.72 Å². The zero-order chi connectivity index (χ0) is 16.2. The van der Waals surface area contributed by atoms with E-state index in [1.807, 2.05) is 19.1 Å². The second-order valence-electron chi connectivity index (χ2n) is 4.68. The Labute approximate surface area is 134 Å². The van der Waals surface area contributed by atoms with Crippen molar-refractivity contribution >= 4 is 21.4 Å². The molecule has 120 valence electrons. The molecule has 22 heavy (non-hydrogen) atoms. The predicted octanol–water partition coefficient (Wildman–Crippen LogP) is 2.73. The van der Waals surface area contributed by atoms with Gasteiger partial charge in [0.05, 0.1) is 7.11 Å². The monoisotopic (exact) mass is 341 g/mol. The highest BCUT2D eigenvalue weighted by molar-refractivity contribution is 7.89. The maximum absolute atomic E-state index is 12.4. The fraction of sp³-hybridized carbons (Fsp3) is 0.333. The molecule has 0 radical (unpaired) electrons. The Bertz CT molecular complexity index is 725. The van der Waals surface area contributed by atoms with Crippen molar-refractivity contribution in [2.75, 3.05) is 20.8 Å². The summed E-state index contributed by atoms with van der Waals surface area (Å²) < 4.78 is 37.9. The lowest BCUT2D eigenvalue weighted by molar-refractivity contribution is 0.110. The van der Waals surface area contributed by atoms with Crippen LogP contribution in [0.4, 0.5) is 0 Å². The SMILES string of the molecule is COc1ccccc1S(=O)(=O)NCC(OC)c1ccc(C)s1. The van der Waals surface area contributed by atoms with Crippen LogP contribution in [0.2, 0.25) is 0 Å². The number of ether oxygens (including phenoxy) is 2. The Hall–Kier alpha value is -1.41. The number of nitrogens with one attached hydrogen (secondary N) is 1. The molecule has 7 heteroatoms. The lowest BCUT2D eigenvalue weighted by Crippen LogP contribution is -2.29. The molecule has 0 aliphatic carbocycles. The largest absolute Gasteiger partial charge is 0.495 e. The average Bonchev–Trinajstić information content (AvgIpc) is 2.94. The molecule has 2 aromatic rings. The van der Waals surface area contributed by atoms with Gasteiger partial charge < -0.3 is 9.47 Å². The highest BCUT2D eigenvalue weighted by atomic mass is 32.2. The molecule has 0 bridgehead atoms. The van der Waals surface area contributed by atoms with E-state index in [-0.39, 0.29) is 17.5 Å².